The van der Waals surface area contributed by atoms with Crippen LogP contribution in [-0.2, 0) is 6.54 Å². The average Bonchev–Trinajstić information content (AvgIpc) is 3.32. The Balaban J connectivity index is 1.55. The van der Waals surface area contributed by atoms with Crippen molar-refractivity contribution in [2.24, 2.45) is 0 Å². The van der Waals surface area contributed by atoms with Crippen molar-refractivity contribution >= 4 is 38.9 Å². The molecule has 0 atom stereocenters. The molecule has 0 unspecified atom stereocenters. The third kappa shape index (κ3) is 5.25. The highest BCUT2D eigenvalue weighted by atomic mass is 35.5. The van der Waals surface area contributed by atoms with E-state index in [0.717, 1.165) is 65.8 Å². The lowest BCUT2D eigenvalue weighted by molar-refractivity contribution is 0.0606. The van der Waals surface area contributed by atoms with Gasteiger partial charge in [-0.25, -0.2) is 8.78 Å². The van der Waals surface area contributed by atoms with Crippen molar-refractivity contribution < 1.29 is 18.3 Å². The maximum absolute atomic E-state index is 14.6. The van der Waals surface area contributed by atoms with Crippen LogP contribution in [0.1, 0.15) is 40.9 Å². The van der Waals surface area contributed by atoms with Crippen LogP contribution in [0.2, 0.25) is 5.02 Å². The molecule has 2 aromatic heterocycles. The van der Waals surface area contributed by atoms with Gasteiger partial charge in [-0.3, -0.25) is 9.78 Å². The highest BCUT2D eigenvalue weighted by Crippen LogP contribution is 2.40. The van der Waals surface area contributed by atoms with E-state index in [2.05, 4.69) is 10.3 Å². The first-order valence-electron chi connectivity index (χ1n) is 12.5. The van der Waals surface area contributed by atoms with Gasteiger partial charge in [0.1, 0.15) is 22.3 Å². The summed E-state index contributed by atoms with van der Waals surface area (Å²) in [6.07, 6.45) is 6.93. The molecule has 4 aromatic rings. The van der Waals surface area contributed by atoms with Crippen LogP contribution < -0.4 is 10.1 Å². The SMILES string of the molecule is CN[C@H]1CC[C@@H](N(Cc2cc(OC)cc(-c3ccncc3)c2)C(=O)c2sc3c(F)ccc(F)c3c2Cl)CC1. The van der Waals surface area contributed by atoms with Gasteiger partial charge in [-0.1, -0.05) is 11.6 Å². The van der Waals surface area contributed by atoms with Gasteiger partial charge < -0.3 is 15.0 Å². The molecular formula is C29H28ClF2N3O2S. The molecule has 9 heteroatoms. The van der Waals surface area contributed by atoms with Crippen LogP contribution in [0.3, 0.4) is 0 Å². The van der Waals surface area contributed by atoms with Crippen molar-refractivity contribution in [3.05, 3.63) is 82.0 Å². The minimum Gasteiger partial charge on any atom is -0.497 e. The number of methoxy groups -OCH3 is 1. The number of thiophene rings is 1. The Hall–Kier alpha value is -3.07. The number of rotatable bonds is 7. The Morgan fingerprint density at radius 3 is 2.45 bits per heavy atom. The predicted octanol–water partition coefficient (Wildman–Crippen LogP) is 7.08. The van der Waals surface area contributed by atoms with E-state index in [9.17, 15) is 13.6 Å². The number of hydrogen-bond donors (Lipinski definition) is 1. The molecule has 0 spiro atoms. The van der Waals surface area contributed by atoms with Crippen molar-refractivity contribution in [3.8, 4) is 16.9 Å². The van der Waals surface area contributed by atoms with Crippen LogP contribution >= 0.6 is 22.9 Å². The molecule has 1 saturated carbocycles. The number of amides is 1. The maximum Gasteiger partial charge on any atom is 0.266 e. The second-order valence-corrected chi connectivity index (χ2v) is 10.9. The molecular weight excluding hydrogens is 528 g/mol. The lowest BCUT2D eigenvalue weighted by atomic mass is 9.89. The zero-order valence-corrected chi connectivity index (χ0v) is 22.7. The monoisotopic (exact) mass is 555 g/mol. The number of benzene rings is 2. The second kappa shape index (κ2) is 11.4. The fraction of sp³-hybridized carbons (Fsp3) is 0.310. The molecule has 1 fully saturated rings. The molecule has 198 valence electrons. The number of nitrogens with one attached hydrogen (secondary N) is 1. The molecule has 1 amide bonds. The van der Waals surface area contributed by atoms with Gasteiger partial charge in [-0.05, 0) is 91.9 Å². The Kier molecular flexibility index (Phi) is 7.93. The van der Waals surface area contributed by atoms with Crippen molar-refractivity contribution in [3.63, 3.8) is 0 Å². The first-order valence-corrected chi connectivity index (χ1v) is 13.7. The van der Waals surface area contributed by atoms with Crippen molar-refractivity contribution in [2.45, 2.75) is 44.3 Å². The van der Waals surface area contributed by atoms with Crippen LogP contribution in [-0.4, -0.2) is 42.0 Å². The van der Waals surface area contributed by atoms with E-state index in [-0.39, 0.29) is 31.9 Å². The molecule has 38 heavy (non-hydrogen) atoms. The summed E-state index contributed by atoms with van der Waals surface area (Å²) in [5, 5.41) is 3.25. The van der Waals surface area contributed by atoms with Crippen molar-refractivity contribution in [2.75, 3.05) is 14.2 Å². The van der Waals surface area contributed by atoms with E-state index in [4.69, 9.17) is 16.3 Å². The van der Waals surface area contributed by atoms with Gasteiger partial charge in [0.2, 0.25) is 0 Å². The Morgan fingerprint density at radius 1 is 1.08 bits per heavy atom. The normalized spacial score (nSPS) is 17.5. The van der Waals surface area contributed by atoms with E-state index in [1.165, 1.54) is 0 Å². The largest absolute Gasteiger partial charge is 0.497 e. The average molecular weight is 556 g/mol. The standard InChI is InChI=1S/C29H28ClF2N3O2S/c1-33-20-3-5-21(6-4-20)35(29(36)28-26(30)25-23(31)7-8-24(32)27(25)38-28)16-17-13-19(15-22(14-17)37-2)18-9-11-34-12-10-18/h7-15,20-21,33H,3-6,16H2,1-2H3/t20-,21+. The predicted molar refractivity (Wildman–Crippen MR) is 148 cm³/mol. The summed E-state index contributed by atoms with van der Waals surface area (Å²) in [5.74, 6) is -0.887. The molecule has 1 aliphatic carbocycles. The van der Waals surface area contributed by atoms with E-state index in [1.54, 1.807) is 19.5 Å². The first kappa shape index (κ1) is 26.5. The van der Waals surface area contributed by atoms with Gasteiger partial charge >= 0.3 is 0 Å². The van der Waals surface area contributed by atoms with Crippen LogP contribution in [0, 0.1) is 11.6 Å². The highest BCUT2D eigenvalue weighted by Gasteiger charge is 2.32. The smallest absolute Gasteiger partial charge is 0.266 e. The van der Waals surface area contributed by atoms with Crippen LogP contribution in [0.5, 0.6) is 5.75 Å². The van der Waals surface area contributed by atoms with Gasteiger partial charge in [0.15, 0.2) is 0 Å². The molecule has 0 bridgehead atoms. The molecule has 2 heterocycles. The number of carbonyl (C=O) groups excluding carboxylic acids is 1. The summed E-state index contributed by atoms with van der Waals surface area (Å²) in [5.41, 5.74) is 2.80. The van der Waals surface area contributed by atoms with Crippen LogP contribution in [0.25, 0.3) is 21.2 Å². The molecule has 2 aromatic carbocycles. The number of ether oxygens (including phenoxy) is 1. The van der Waals surface area contributed by atoms with Gasteiger partial charge in [-0.2, -0.15) is 0 Å². The minimum absolute atomic E-state index is 0.0379. The summed E-state index contributed by atoms with van der Waals surface area (Å²) >= 11 is 7.44. The lowest BCUT2D eigenvalue weighted by Crippen LogP contribution is -2.44. The first-order chi connectivity index (χ1) is 18.4. The maximum atomic E-state index is 14.6. The number of pyridine rings is 1. The molecule has 0 radical (unpaired) electrons. The van der Waals surface area contributed by atoms with E-state index >= 15 is 0 Å². The molecule has 5 rings (SSSR count). The quantitative estimate of drug-likeness (QED) is 0.265. The third-order valence-corrected chi connectivity index (χ3v) is 8.93. The van der Waals surface area contributed by atoms with Crippen LogP contribution in [0.15, 0.2) is 54.9 Å². The molecule has 0 aliphatic heterocycles. The number of halogens is 3. The highest BCUT2D eigenvalue weighted by molar-refractivity contribution is 7.21. The lowest BCUT2D eigenvalue weighted by Gasteiger charge is -2.37. The number of hydrogen-bond acceptors (Lipinski definition) is 5. The Labute approximate surface area is 229 Å². The summed E-state index contributed by atoms with van der Waals surface area (Å²) < 4.78 is 34.7. The topological polar surface area (TPSA) is 54.5 Å². The fourth-order valence-electron chi connectivity index (χ4n) is 5.19. The summed E-state index contributed by atoms with van der Waals surface area (Å²) in [4.78, 5) is 20.1. The van der Waals surface area contributed by atoms with E-state index < -0.39 is 11.6 Å². The molecule has 1 N–H and O–H groups in total. The number of fused-ring (bicyclic) bond motifs is 1. The second-order valence-electron chi connectivity index (χ2n) is 9.51. The van der Waals surface area contributed by atoms with Gasteiger partial charge in [0, 0.05) is 31.0 Å². The Bertz CT molecular complexity index is 1460. The zero-order valence-electron chi connectivity index (χ0n) is 21.1. The molecule has 5 nitrogen and oxygen atoms in total. The van der Waals surface area contributed by atoms with Gasteiger partial charge in [-0.15, -0.1) is 11.3 Å². The van der Waals surface area contributed by atoms with Gasteiger partial charge in [0.05, 0.1) is 22.2 Å². The fourth-order valence-corrected chi connectivity index (χ4v) is 6.69. The van der Waals surface area contributed by atoms with Crippen LogP contribution in [0.4, 0.5) is 8.78 Å². The number of aromatic nitrogens is 1. The summed E-state index contributed by atoms with van der Waals surface area (Å²) in [6.45, 7) is 0.304. The van der Waals surface area contributed by atoms with E-state index in [1.807, 2.05) is 42.3 Å². The van der Waals surface area contributed by atoms with Crippen molar-refractivity contribution in [1.29, 1.82) is 0 Å². The summed E-state index contributed by atoms with van der Waals surface area (Å²) in [6, 6.07) is 12.2. The molecule has 0 saturated heterocycles. The molecule has 1 aliphatic rings. The Morgan fingerprint density at radius 2 is 1.79 bits per heavy atom. The number of carbonyl (C=O) groups is 1. The zero-order chi connectivity index (χ0) is 26.8. The minimum atomic E-state index is -0.641. The third-order valence-electron chi connectivity index (χ3n) is 7.25. The van der Waals surface area contributed by atoms with Crippen molar-refractivity contribution in [1.82, 2.24) is 15.2 Å². The van der Waals surface area contributed by atoms with Gasteiger partial charge in [0.25, 0.3) is 5.91 Å². The summed E-state index contributed by atoms with van der Waals surface area (Å²) in [7, 11) is 3.56. The van der Waals surface area contributed by atoms with E-state index in [0.29, 0.717) is 18.3 Å². The number of nitrogens with zero attached hydrogens (tertiary/aromatic N) is 2.